The summed E-state index contributed by atoms with van der Waals surface area (Å²) >= 11 is 0. The zero-order valence-electron chi connectivity index (χ0n) is 23.1. The first-order valence-electron chi connectivity index (χ1n) is 14.0. The fourth-order valence-corrected chi connectivity index (χ4v) is 5.82. The highest BCUT2D eigenvalue weighted by Crippen LogP contribution is 2.41. The Balaban J connectivity index is 1.35. The van der Waals surface area contributed by atoms with E-state index in [2.05, 4.69) is 25.9 Å². The number of ether oxygens (including phenoxy) is 1. The maximum atomic E-state index is 13.9. The molecule has 0 spiro atoms. The van der Waals surface area contributed by atoms with Crippen LogP contribution in [0.4, 0.5) is 27.8 Å². The second-order valence-electron chi connectivity index (χ2n) is 11.4. The Bertz CT molecular complexity index is 1340. The van der Waals surface area contributed by atoms with Crippen molar-refractivity contribution in [2.75, 3.05) is 19.0 Å². The van der Waals surface area contributed by atoms with Gasteiger partial charge in [-0.15, -0.1) is 0 Å². The largest absolute Gasteiger partial charge is 0.408 e. The summed E-state index contributed by atoms with van der Waals surface area (Å²) in [6.07, 6.45) is -3.13. The van der Waals surface area contributed by atoms with Gasteiger partial charge in [-0.3, -0.25) is 14.4 Å². The molecule has 0 bridgehead atoms. The number of carbonyl (C=O) groups is 3. The Hall–Kier alpha value is -3.69. The lowest BCUT2D eigenvalue weighted by Crippen LogP contribution is -2.50. The van der Waals surface area contributed by atoms with Gasteiger partial charge in [-0.2, -0.15) is 13.2 Å². The fraction of sp³-hybridized carbons (Fsp3) is 0.630. The van der Waals surface area contributed by atoms with E-state index in [-0.39, 0.29) is 36.9 Å². The third-order valence-corrected chi connectivity index (χ3v) is 8.33. The molecule has 3 N–H and O–H groups in total. The fourth-order valence-electron chi connectivity index (χ4n) is 5.82. The lowest BCUT2D eigenvalue weighted by atomic mass is 9.81. The normalized spacial score (nSPS) is 23.8. The first-order valence-corrected chi connectivity index (χ1v) is 14.0. The molecule has 3 amide bonds. The van der Waals surface area contributed by atoms with Gasteiger partial charge in [0.2, 0.25) is 17.7 Å². The molecule has 11 nitrogen and oxygen atoms in total. The molecule has 4 atom stereocenters. The van der Waals surface area contributed by atoms with Crippen LogP contribution in [0.3, 0.4) is 0 Å². The molecule has 5 rings (SSSR count). The Kier molecular flexibility index (Phi) is 8.68. The highest BCUT2D eigenvalue weighted by molar-refractivity contribution is 6.00. The molecule has 1 saturated heterocycles. The van der Waals surface area contributed by atoms with Gasteiger partial charge < -0.3 is 20.7 Å². The van der Waals surface area contributed by atoms with Crippen molar-refractivity contribution in [1.82, 2.24) is 25.9 Å². The van der Waals surface area contributed by atoms with Gasteiger partial charge in [0.1, 0.15) is 23.6 Å². The van der Waals surface area contributed by atoms with E-state index in [1.807, 2.05) is 5.32 Å². The number of alkyl halides is 5. The maximum Gasteiger partial charge on any atom is 0.408 e. The predicted octanol–water partition coefficient (Wildman–Crippen LogP) is 3.70. The van der Waals surface area contributed by atoms with Crippen LogP contribution in [0.5, 0.6) is 0 Å². The van der Waals surface area contributed by atoms with Crippen LogP contribution in [-0.2, 0) is 14.3 Å². The minimum Gasteiger partial charge on any atom is -0.384 e. The maximum absolute atomic E-state index is 13.9. The van der Waals surface area contributed by atoms with Crippen LogP contribution in [0.1, 0.15) is 78.5 Å². The third-order valence-electron chi connectivity index (χ3n) is 8.33. The summed E-state index contributed by atoms with van der Waals surface area (Å²) in [5.41, 5.74) is 0.695. The van der Waals surface area contributed by atoms with E-state index in [0.29, 0.717) is 11.3 Å². The van der Waals surface area contributed by atoms with Crippen molar-refractivity contribution in [1.29, 1.82) is 0 Å². The van der Waals surface area contributed by atoms with Crippen LogP contribution in [0.15, 0.2) is 23.0 Å². The molecule has 3 heterocycles. The lowest BCUT2D eigenvalue weighted by Gasteiger charge is -2.33. The summed E-state index contributed by atoms with van der Waals surface area (Å²) < 4.78 is 77.7. The van der Waals surface area contributed by atoms with E-state index in [1.165, 1.54) is 25.4 Å². The van der Waals surface area contributed by atoms with Gasteiger partial charge in [0, 0.05) is 43.9 Å². The quantitative estimate of drug-likeness (QED) is 0.343. The van der Waals surface area contributed by atoms with Crippen molar-refractivity contribution in [3.63, 3.8) is 0 Å². The van der Waals surface area contributed by atoms with E-state index in [1.54, 1.807) is 0 Å². The highest BCUT2D eigenvalue weighted by atomic mass is 19.4. The third kappa shape index (κ3) is 7.11. The summed E-state index contributed by atoms with van der Waals surface area (Å²) in [5.74, 6) is -7.54. The summed E-state index contributed by atoms with van der Waals surface area (Å²) in [6, 6.07) is -0.303. The first-order chi connectivity index (χ1) is 20.4. The van der Waals surface area contributed by atoms with Crippen molar-refractivity contribution < 1.29 is 45.7 Å². The Morgan fingerprint density at radius 3 is 2.53 bits per heavy atom. The second kappa shape index (κ2) is 12.1. The number of methoxy groups -OCH3 is 1. The molecule has 2 aromatic rings. The zero-order chi connectivity index (χ0) is 30.9. The predicted molar refractivity (Wildman–Crippen MR) is 138 cm³/mol. The molecule has 1 unspecified atom stereocenters. The molecule has 2 saturated carbocycles. The molecule has 234 valence electrons. The Morgan fingerprint density at radius 1 is 1.19 bits per heavy atom. The van der Waals surface area contributed by atoms with Crippen molar-refractivity contribution in [3.05, 3.63) is 35.3 Å². The average Bonchev–Trinajstić information content (AvgIpc) is 3.53. The van der Waals surface area contributed by atoms with Gasteiger partial charge in [-0.25, -0.2) is 18.4 Å². The van der Waals surface area contributed by atoms with Crippen LogP contribution < -0.4 is 16.0 Å². The van der Waals surface area contributed by atoms with Gasteiger partial charge in [-0.05, 0) is 60.9 Å². The summed E-state index contributed by atoms with van der Waals surface area (Å²) in [7, 11) is 1.35. The number of hydrogen-bond acceptors (Lipinski definition) is 8. The Morgan fingerprint density at radius 2 is 1.91 bits per heavy atom. The van der Waals surface area contributed by atoms with Gasteiger partial charge >= 0.3 is 6.18 Å². The van der Waals surface area contributed by atoms with Crippen molar-refractivity contribution >= 4 is 23.5 Å². The van der Waals surface area contributed by atoms with Crippen molar-refractivity contribution in [2.24, 2.45) is 11.8 Å². The zero-order valence-corrected chi connectivity index (χ0v) is 23.1. The molecule has 1 aliphatic heterocycles. The number of anilines is 1. The number of rotatable bonds is 10. The van der Waals surface area contributed by atoms with E-state index in [4.69, 9.17) is 9.37 Å². The highest BCUT2D eigenvalue weighted by Gasteiger charge is 2.50. The minimum atomic E-state index is -4.61. The molecular formula is C27H31F5N6O5. The number of nitrogens with zero attached hydrogens (tertiary/aromatic N) is 3. The first kappa shape index (κ1) is 30.8. The number of halogens is 5. The second-order valence-corrected chi connectivity index (χ2v) is 11.4. The molecular weight excluding hydrogens is 583 g/mol. The Labute approximate surface area is 242 Å². The van der Waals surface area contributed by atoms with E-state index in [0.717, 1.165) is 12.8 Å². The summed E-state index contributed by atoms with van der Waals surface area (Å²) in [4.78, 5) is 43.3. The van der Waals surface area contributed by atoms with Crippen LogP contribution >= 0.6 is 0 Å². The van der Waals surface area contributed by atoms with Crippen molar-refractivity contribution in [3.8, 4) is 0 Å². The van der Waals surface area contributed by atoms with Crippen molar-refractivity contribution in [2.45, 2.75) is 81.0 Å². The average molecular weight is 615 g/mol. The topological polar surface area (TPSA) is 148 Å². The molecule has 16 heteroatoms. The minimum absolute atomic E-state index is 0.00320. The van der Waals surface area contributed by atoms with Crippen LogP contribution in [-0.4, -0.2) is 70.9 Å². The monoisotopic (exact) mass is 614 g/mol. The molecule has 3 fully saturated rings. The number of pyridine rings is 1. The number of hydrogen-bond donors (Lipinski definition) is 3. The van der Waals surface area contributed by atoms with Crippen LogP contribution in [0.25, 0.3) is 0 Å². The smallest absolute Gasteiger partial charge is 0.384 e. The number of amides is 3. The van der Waals surface area contributed by atoms with Gasteiger partial charge in [0.05, 0.1) is 6.61 Å². The molecule has 2 aliphatic carbocycles. The van der Waals surface area contributed by atoms with Gasteiger partial charge in [0.15, 0.2) is 5.69 Å². The van der Waals surface area contributed by atoms with Crippen LogP contribution in [0, 0.1) is 11.8 Å². The molecule has 3 aliphatic rings. The molecule has 2 aromatic heterocycles. The SMILES string of the molecule is COCC(c1ccnc(NC(=O)[C@@H](NC(=O)c2nonc2C2CC2)C2CCC(F)(F)CC2)c1)[C@H]1C[C@@H](C(F)(F)F)NC1=O. The number of nitrogens with one attached hydrogen (secondary N) is 3. The van der Waals surface area contributed by atoms with Gasteiger partial charge in [-0.1, -0.05) is 5.16 Å². The van der Waals surface area contributed by atoms with E-state index >= 15 is 0 Å². The lowest BCUT2D eigenvalue weighted by molar-refractivity contribution is -0.155. The molecule has 43 heavy (non-hydrogen) atoms. The number of aromatic nitrogens is 3. The van der Waals surface area contributed by atoms with Crippen LogP contribution in [0.2, 0.25) is 0 Å². The summed E-state index contributed by atoms with van der Waals surface area (Å²) in [6.45, 7) is -0.0793. The van der Waals surface area contributed by atoms with Gasteiger partial charge in [0.25, 0.3) is 5.91 Å². The van der Waals surface area contributed by atoms with E-state index < -0.39 is 78.9 Å². The standard InChI is InChI=1S/C27H31F5N6O5/c1-42-12-17(16-11-18(27(30,31)32)34-23(16)39)15-6-9-33-19(10-15)35-24(40)21(14-4-7-26(28,29)8-5-14)36-25(41)22-20(13-2-3-13)37-43-38-22/h6,9-10,13-14,16-18,21H,2-5,7-8,11-12H2,1H3,(H,34,39)(H,36,41)(H,33,35,40)/t16-,17?,18+,21+/m1/s1. The molecule has 0 radical (unpaired) electrons. The summed E-state index contributed by atoms with van der Waals surface area (Å²) in [5, 5.41) is 14.7. The van der Waals surface area contributed by atoms with E-state index in [9.17, 15) is 36.3 Å². The molecule has 0 aromatic carbocycles. The number of carbonyl (C=O) groups excluding carboxylic acids is 3.